The fraction of sp³-hybridized carbons (Fsp3) is 0.471. The molecule has 5 rings (SSSR count). The molecule has 2 atom stereocenters. The summed E-state index contributed by atoms with van der Waals surface area (Å²) in [4.78, 5) is 58.1. The third-order valence-electron chi connectivity index (χ3n) is 8.84. The molecule has 3 N–H and O–H groups in total. The fourth-order valence-corrected chi connectivity index (χ4v) is 6.55. The average molecular weight is 603 g/mol. The van der Waals surface area contributed by atoms with Crippen molar-refractivity contribution < 1.29 is 29.0 Å². The van der Waals surface area contributed by atoms with E-state index in [1.807, 2.05) is 51.1 Å². The highest BCUT2D eigenvalue weighted by Crippen LogP contribution is 2.39. The quantitative estimate of drug-likeness (QED) is 0.325. The Morgan fingerprint density at radius 1 is 1.00 bits per heavy atom. The highest BCUT2D eigenvalue weighted by atomic mass is 16.6. The molecule has 2 heterocycles. The van der Waals surface area contributed by atoms with Crippen LogP contribution in [0.5, 0.6) is 0 Å². The smallest absolute Gasteiger partial charge is 0.407 e. The lowest BCUT2D eigenvalue weighted by atomic mass is 9.81. The van der Waals surface area contributed by atoms with Crippen molar-refractivity contribution in [2.24, 2.45) is 11.8 Å². The second kappa shape index (κ2) is 12.7. The number of aromatic carboxylic acids is 1. The number of aromatic amines is 1. The number of hydrogen-bond acceptors (Lipinski definition) is 5. The molecule has 1 aliphatic heterocycles. The van der Waals surface area contributed by atoms with Crippen molar-refractivity contribution in [3.63, 3.8) is 0 Å². The topological polar surface area (TPSA) is 132 Å². The van der Waals surface area contributed by atoms with E-state index in [9.17, 15) is 24.3 Å². The van der Waals surface area contributed by atoms with Crippen LogP contribution in [-0.2, 0) is 14.3 Å². The van der Waals surface area contributed by atoms with Crippen molar-refractivity contribution in [1.82, 2.24) is 15.2 Å². The number of nitrogens with one attached hydrogen (secondary N) is 2. The maximum Gasteiger partial charge on any atom is 0.407 e. The van der Waals surface area contributed by atoms with Gasteiger partial charge in [-0.2, -0.15) is 0 Å². The third-order valence-corrected chi connectivity index (χ3v) is 8.84. The van der Waals surface area contributed by atoms with Gasteiger partial charge in [-0.1, -0.05) is 30.3 Å². The van der Waals surface area contributed by atoms with E-state index >= 15 is 0 Å². The van der Waals surface area contributed by atoms with Gasteiger partial charge in [0.2, 0.25) is 11.8 Å². The van der Waals surface area contributed by atoms with Crippen molar-refractivity contribution in [2.45, 2.75) is 70.4 Å². The zero-order valence-electron chi connectivity index (χ0n) is 25.8. The van der Waals surface area contributed by atoms with E-state index in [0.29, 0.717) is 48.9 Å². The van der Waals surface area contributed by atoms with Crippen molar-refractivity contribution in [3.8, 4) is 0 Å². The molecule has 10 heteroatoms. The number of carbonyl (C=O) groups excluding carboxylic acids is 3. The van der Waals surface area contributed by atoms with Gasteiger partial charge in [0.05, 0.1) is 0 Å². The molecule has 3 amide bonds. The van der Waals surface area contributed by atoms with Crippen molar-refractivity contribution >= 4 is 40.5 Å². The second-order valence-corrected chi connectivity index (χ2v) is 13.0. The molecule has 1 saturated carbocycles. The predicted molar refractivity (Wildman–Crippen MR) is 168 cm³/mol. The zero-order chi connectivity index (χ0) is 31.6. The van der Waals surface area contributed by atoms with Crippen LogP contribution in [0, 0.1) is 11.8 Å². The van der Waals surface area contributed by atoms with Crippen LogP contribution < -0.4 is 10.2 Å². The summed E-state index contributed by atoms with van der Waals surface area (Å²) in [7, 11) is 1.71. The molecule has 0 spiro atoms. The number of aromatic nitrogens is 1. The molecule has 2 aromatic carbocycles. The minimum absolute atomic E-state index is 0.0147. The van der Waals surface area contributed by atoms with Gasteiger partial charge in [0.1, 0.15) is 17.3 Å². The predicted octanol–water partition coefficient (Wildman–Crippen LogP) is 5.54. The summed E-state index contributed by atoms with van der Waals surface area (Å²) in [6.07, 6.45) is 3.31. The van der Waals surface area contributed by atoms with Gasteiger partial charge in [-0.05, 0) is 88.6 Å². The molecule has 44 heavy (non-hydrogen) atoms. The van der Waals surface area contributed by atoms with Crippen LogP contribution in [0.15, 0.2) is 54.6 Å². The number of carboxylic acid groups (broad SMARTS) is 1. The van der Waals surface area contributed by atoms with Gasteiger partial charge in [0.15, 0.2) is 0 Å². The number of H-pyrrole nitrogens is 1. The fourth-order valence-electron chi connectivity index (χ4n) is 6.55. The summed E-state index contributed by atoms with van der Waals surface area (Å²) in [5.74, 6) is -1.25. The molecule has 234 valence electrons. The Balaban J connectivity index is 1.30. The Kier molecular flexibility index (Phi) is 8.99. The molecule has 2 aliphatic rings. The van der Waals surface area contributed by atoms with E-state index in [-0.39, 0.29) is 35.3 Å². The summed E-state index contributed by atoms with van der Waals surface area (Å²) in [5, 5.41) is 12.9. The van der Waals surface area contributed by atoms with Crippen LogP contribution in [-0.4, -0.2) is 70.6 Å². The minimum Gasteiger partial charge on any atom is -0.477 e. The first kappa shape index (κ1) is 31.1. The minimum atomic E-state index is -1.05. The van der Waals surface area contributed by atoms with Crippen LogP contribution in [0.4, 0.5) is 10.5 Å². The largest absolute Gasteiger partial charge is 0.477 e. The summed E-state index contributed by atoms with van der Waals surface area (Å²) in [5.41, 5.74) is 1.85. The first-order valence-electron chi connectivity index (χ1n) is 15.4. The maximum atomic E-state index is 14.3. The standard InChI is InChI=1S/C34H42N4O6/c1-34(2,3)44-33(43)35-20-21-10-12-23(13-11-21)30(39)38-17-16-26(22-8-6-5-7-9-22)29(38)31(40)37(4)25-14-15-27-24(18-25)19-28(36-27)32(41)42/h5-9,14-15,18-19,21,23,26,29,36H,10-13,16-17,20H2,1-4H3,(H,35,43)(H,41,42). The van der Waals surface area contributed by atoms with Gasteiger partial charge < -0.3 is 29.9 Å². The van der Waals surface area contributed by atoms with E-state index < -0.39 is 23.7 Å². The number of likely N-dealkylation sites (tertiary alicyclic amines) is 1. The number of ether oxygens (including phenoxy) is 1. The maximum absolute atomic E-state index is 14.3. The molecule has 3 aromatic rings. The van der Waals surface area contributed by atoms with E-state index in [1.165, 1.54) is 0 Å². The number of alkyl carbamates (subject to hydrolysis) is 1. The molecule has 10 nitrogen and oxygen atoms in total. The number of benzene rings is 2. The number of hydrogen-bond donors (Lipinski definition) is 3. The Labute approximate surface area is 257 Å². The number of carbonyl (C=O) groups is 4. The Morgan fingerprint density at radius 3 is 2.36 bits per heavy atom. The molecule has 1 saturated heterocycles. The molecule has 2 unspecified atom stereocenters. The van der Waals surface area contributed by atoms with Crippen LogP contribution in [0.2, 0.25) is 0 Å². The normalized spacial score (nSPS) is 22.0. The number of likely N-dealkylation sites (N-methyl/N-ethyl adjacent to an activating group) is 1. The molecule has 1 aromatic heterocycles. The molecule has 0 bridgehead atoms. The van der Waals surface area contributed by atoms with E-state index in [2.05, 4.69) is 10.3 Å². The Hall–Kier alpha value is -4.34. The number of nitrogens with zero attached hydrogens (tertiary/aromatic N) is 2. The van der Waals surface area contributed by atoms with Crippen molar-refractivity contribution in [1.29, 1.82) is 0 Å². The number of anilines is 1. The van der Waals surface area contributed by atoms with Crippen molar-refractivity contribution in [3.05, 3.63) is 65.9 Å². The van der Waals surface area contributed by atoms with Crippen LogP contribution >= 0.6 is 0 Å². The molecule has 1 aliphatic carbocycles. The lowest BCUT2D eigenvalue weighted by Gasteiger charge is -2.35. The van der Waals surface area contributed by atoms with Gasteiger partial charge >= 0.3 is 12.1 Å². The molecule has 0 radical (unpaired) electrons. The number of amides is 3. The molecular formula is C34H42N4O6. The SMILES string of the molecule is CN(C(=O)C1C(c2ccccc2)CCN1C(=O)C1CCC(CNC(=O)OC(C)(C)C)CC1)c1ccc2[nH]c(C(=O)O)cc2c1. The highest BCUT2D eigenvalue weighted by Gasteiger charge is 2.45. The molecular weight excluding hydrogens is 560 g/mol. The summed E-state index contributed by atoms with van der Waals surface area (Å²) in [6, 6.07) is 16.1. The van der Waals surface area contributed by atoms with Crippen LogP contribution in [0.1, 0.15) is 74.8 Å². The van der Waals surface area contributed by atoms with Gasteiger partial charge in [0.25, 0.3) is 0 Å². The number of rotatable bonds is 7. The van der Waals surface area contributed by atoms with Gasteiger partial charge in [-0.3, -0.25) is 9.59 Å². The average Bonchev–Trinajstić information content (AvgIpc) is 3.64. The highest BCUT2D eigenvalue weighted by molar-refractivity contribution is 6.02. The lowest BCUT2D eigenvalue weighted by molar-refractivity contribution is -0.142. The van der Waals surface area contributed by atoms with Crippen LogP contribution in [0.3, 0.4) is 0 Å². The summed E-state index contributed by atoms with van der Waals surface area (Å²) in [6.45, 7) is 6.51. The molecule has 2 fully saturated rings. The van der Waals surface area contributed by atoms with Crippen molar-refractivity contribution in [2.75, 3.05) is 25.0 Å². The van der Waals surface area contributed by atoms with Crippen LogP contribution in [0.25, 0.3) is 10.9 Å². The lowest BCUT2D eigenvalue weighted by Crippen LogP contribution is -2.50. The zero-order valence-corrected chi connectivity index (χ0v) is 25.8. The monoisotopic (exact) mass is 602 g/mol. The van der Waals surface area contributed by atoms with E-state index in [1.54, 1.807) is 41.1 Å². The third kappa shape index (κ3) is 6.90. The summed E-state index contributed by atoms with van der Waals surface area (Å²) < 4.78 is 5.35. The van der Waals surface area contributed by atoms with Gasteiger partial charge in [-0.15, -0.1) is 0 Å². The Morgan fingerprint density at radius 2 is 1.70 bits per heavy atom. The van der Waals surface area contributed by atoms with Gasteiger partial charge in [-0.25, -0.2) is 9.59 Å². The summed E-state index contributed by atoms with van der Waals surface area (Å²) >= 11 is 0. The van der Waals surface area contributed by atoms with Gasteiger partial charge in [0, 0.05) is 48.6 Å². The Bertz CT molecular complexity index is 1520. The van der Waals surface area contributed by atoms with E-state index in [0.717, 1.165) is 18.4 Å². The first-order valence-corrected chi connectivity index (χ1v) is 15.4. The first-order chi connectivity index (χ1) is 20.9. The number of fused-ring (bicyclic) bond motifs is 1. The number of carboxylic acids is 1. The van der Waals surface area contributed by atoms with E-state index in [4.69, 9.17) is 4.74 Å². The second-order valence-electron chi connectivity index (χ2n) is 13.0.